The largest absolute Gasteiger partial charge is 0.496 e. The number of nitrogens with one attached hydrogen (secondary N) is 1. The number of methoxy groups -OCH3 is 1. The van der Waals surface area contributed by atoms with Crippen molar-refractivity contribution in [2.75, 3.05) is 20.7 Å². The van der Waals surface area contributed by atoms with Crippen LogP contribution in [0.2, 0.25) is 0 Å². The van der Waals surface area contributed by atoms with Crippen LogP contribution in [0.4, 0.5) is 0 Å². The van der Waals surface area contributed by atoms with Gasteiger partial charge >= 0.3 is 0 Å². The lowest BCUT2D eigenvalue weighted by Gasteiger charge is -2.12. The number of aromatic nitrogens is 1. The van der Waals surface area contributed by atoms with Crippen molar-refractivity contribution in [2.24, 2.45) is 0 Å². The maximum absolute atomic E-state index is 5.39. The second-order valence-corrected chi connectivity index (χ2v) is 4.11. The third-order valence-electron chi connectivity index (χ3n) is 2.84. The second-order valence-electron chi connectivity index (χ2n) is 4.11. The molecule has 0 aliphatic rings. The third-order valence-corrected chi connectivity index (χ3v) is 2.84. The average molecular weight is 222 g/mol. The van der Waals surface area contributed by atoms with Gasteiger partial charge in [0.1, 0.15) is 5.75 Å². The summed E-state index contributed by atoms with van der Waals surface area (Å²) in [7, 11) is 3.71. The molecule has 90 valence electrons. The molecular formula is C13H22N2O. The van der Waals surface area contributed by atoms with Gasteiger partial charge in [-0.15, -0.1) is 0 Å². The molecule has 1 heterocycles. The molecule has 0 aliphatic heterocycles. The number of hydrogen-bond donors (Lipinski definition) is 1. The summed E-state index contributed by atoms with van der Waals surface area (Å²) in [4.78, 5) is 4.48. The van der Waals surface area contributed by atoms with E-state index in [2.05, 4.69) is 17.2 Å². The first kappa shape index (κ1) is 13.0. The van der Waals surface area contributed by atoms with E-state index in [0.29, 0.717) is 0 Å². The van der Waals surface area contributed by atoms with E-state index in [-0.39, 0.29) is 0 Å². The summed E-state index contributed by atoms with van der Waals surface area (Å²) in [6.07, 6.45) is 5.29. The van der Waals surface area contributed by atoms with Crippen molar-refractivity contribution in [1.29, 1.82) is 0 Å². The Morgan fingerprint density at radius 3 is 2.69 bits per heavy atom. The minimum atomic E-state index is 0.985. The summed E-state index contributed by atoms with van der Waals surface area (Å²) >= 11 is 0. The van der Waals surface area contributed by atoms with Gasteiger partial charge in [0.25, 0.3) is 0 Å². The van der Waals surface area contributed by atoms with Crippen molar-refractivity contribution in [3.8, 4) is 5.75 Å². The molecule has 0 spiro atoms. The van der Waals surface area contributed by atoms with E-state index in [1.807, 2.05) is 20.2 Å². The summed E-state index contributed by atoms with van der Waals surface area (Å²) in [6.45, 7) is 5.19. The van der Waals surface area contributed by atoms with E-state index >= 15 is 0 Å². The van der Waals surface area contributed by atoms with Crippen LogP contribution in [0.15, 0.2) is 6.20 Å². The van der Waals surface area contributed by atoms with Crippen molar-refractivity contribution in [3.05, 3.63) is 23.0 Å². The highest BCUT2D eigenvalue weighted by Gasteiger charge is 2.08. The van der Waals surface area contributed by atoms with Crippen LogP contribution in [-0.4, -0.2) is 25.7 Å². The maximum Gasteiger partial charge on any atom is 0.128 e. The van der Waals surface area contributed by atoms with Gasteiger partial charge in [0.05, 0.1) is 7.11 Å². The average Bonchev–Trinajstić information content (AvgIpc) is 2.28. The zero-order valence-electron chi connectivity index (χ0n) is 10.8. The predicted molar refractivity (Wildman–Crippen MR) is 67.1 cm³/mol. The Bertz CT molecular complexity index is 337. The standard InChI is InChI=1S/C13H22N2O/c1-10-9-15-12(7-5-6-8-14-3)11(2)13(10)16-4/h9,14H,5-8H2,1-4H3. The molecule has 1 N–H and O–H groups in total. The Kier molecular flexibility index (Phi) is 5.26. The fourth-order valence-corrected chi connectivity index (χ4v) is 1.92. The van der Waals surface area contributed by atoms with Crippen LogP contribution in [-0.2, 0) is 6.42 Å². The smallest absolute Gasteiger partial charge is 0.128 e. The molecule has 0 radical (unpaired) electrons. The van der Waals surface area contributed by atoms with Crippen LogP contribution >= 0.6 is 0 Å². The van der Waals surface area contributed by atoms with Gasteiger partial charge in [-0.3, -0.25) is 4.98 Å². The van der Waals surface area contributed by atoms with Gasteiger partial charge in [-0.2, -0.15) is 0 Å². The molecule has 0 amide bonds. The van der Waals surface area contributed by atoms with E-state index < -0.39 is 0 Å². The number of aryl methyl sites for hydroxylation is 2. The third kappa shape index (κ3) is 3.20. The molecule has 0 fully saturated rings. The summed E-state index contributed by atoms with van der Waals surface area (Å²) < 4.78 is 5.39. The van der Waals surface area contributed by atoms with Crippen molar-refractivity contribution >= 4 is 0 Å². The number of unbranched alkanes of at least 4 members (excludes halogenated alkanes) is 1. The summed E-state index contributed by atoms with van der Waals surface area (Å²) in [5.41, 5.74) is 3.46. The molecule has 0 saturated heterocycles. The normalized spacial score (nSPS) is 10.5. The lowest BCUT2D eigenvalue weighted by molar-refractivity contribution is 0.406. The van der Waals surface area contributed by atoms with E-state index in [1.165, 1.54) is 24.1 Å². The van der Waals surface area contributed by atoms with Gasteiger partial charge in [0.2, 0.25) is 0 Å². The predicted octanol–water partition coefficient (Wildman–Crippen LogP) is 2.25. The Balaban J connectivity index is 2.66. The SMILES string of the molecule is CNCCCCc1ncc(C)c(OC)c1C. The first-order chi connectivity index (χ1) is 7.70. The quantitative estimate of drug-likeness (QED) is 0.750. The zero-order chi connectivity index (χ0) is 12.0. The van der Waals surface area contributed by atoms with Crippen LogP contribution in [0.3, 0.4) is 0 Å². The van der Waals surface area contributed by atoms with Crippen molar-refractivity contribution < 1.29 is 4.74 Å². The van der Waals surface area contributed by atoms with Crippen LogP contribution in [0, 0.1) is 13.8 Å². The van der Waals surface area contributed by atoms with Crippen molar-refractivity contribution in [3.63, 3.8) is 0 Å². The van der Waals surface area contributed by atoms with Gasteiger partial charge in [0.15, 0.2) is 0 Å². The summed E-state index contributed by atoms with van der Waals surface area (Å²) in [5.74, 6) is 0.985. The molecule has 1 aromatic heterocycles. The molecule has 1 rings (SSSR count). The molecule has 16 heavy (non-hydrogen) atoms. The number of ether oxygens (including phenoxy) is 1. The molecule has 0 atom stereocenters. The molecule has 1 aromatic rings. The van der Waals surface area contributed by atoms with Crippen LogP contribution in [0.25, 0.3) is 0 Å². The molecule has 0 unspecified atom stereocenters. The highest BCUT2D eigenvalue weighted by molar-refractivity contribution is 5.41. The first-order valence-electron chi connectivity index (χ1n) is 5.84. The van der Waals surface area contributed by atoms with E-state index in [9.17, 15) is 0 Å². The minimum Gasteiger partial charge on any atom is -0.496 e. The Hall–Kier alpha value is -1.09. The molecule has 3 heteroatoms. The highest BCUT2D eigenvalue weighted by atomic mass is 16.5. The number of pyridine rings is 1. The van der Waals surface area contributed by atoms with Gasteiger partial charge < -0.3 is 10.1 Å². The van der Waals surface area contributed by atoms with E-state index in [0.717, 1.165) is 24.3 Å². The number of nitrogens with zero attached hydrogens (tertiary/aromatic N) is 1. The van der Waals surface area contributed by atoms with Crippen LogP contribution < -0.4 is 10.1 Å². The van der Waals surface area contributed by atoms with Gasteiger partial charge in [-0.05, 0) is 46.7 Å². The Labute approximate surface area is 98.2 Å². The highest BCUT2D eigenvalue weighted by Crippen LogP contribution is 2.24. The molecule has 0 saturated carbocycles. The molecule has 0 bridgehead atoms. The number of hydrogen-bond acceptors (Lipinski definition) is 3. The lowest BCUT2D eigenvalue weighted by Crippen LogP contribution is -2.08. The molecule has 0 aromatic carbocycles. The zero-order valence-corrected chi connectivity index (χ0v) is 10.8. The van der Waals surface area contributed by atoms with E-state index in [1.54, 1.807) is 7.11 Å². The van der Waals surface area contributed by atoms with Gasteiger partial charge in [-0.1, -0.05) is 0 Å². The second kappa shape index (κ2) is 6.48. The summed E-state index contributed by atoms with van der Waals surface area (Å²) in [5, 5.41) is 3.16. The summed E-state index contributed by atoms with van der Waals surface area (Å²) in [6, 6.07) is 0. The molecule has 0 aliphatic carbocycles. The maximum atomic E-state index is 5.39. The fraction of sp³-hybridized carbons (Fsp3) is 0.615. The van der Waals surface area contributed by atoms with Gasteiger partial charge in [0, 0.05) is 23.0 Å². The minimum absolute atomic E-state index is 0.985. The topological polar surface area (TPSA) is 34.2 Å². The van der Waals surface area contributed by atoms with Crippen LogP contribution in [0.1, 0.15) is 29.7 Å². The first-order valence-corrected chi connectivity index (χ1v) is 5.84. The van der Waals surface area contributed by atoms with Gasteiger partial charge in [-0.25, -0.2) is 0 Å². The monoisotopic (exact) mass is 222 g/mol. The van der Waals surface area contributed by atoms with Crippen LogP contribution in [0.5, 0.6) is 5.75 Å². The lowest BCUT2D eigenvalue weighted by atomic mass is 10.1. The molecule has 3 nitrogen and oxygen atoms in total. The fourth-order valence-electron chi connectivity index (χ4n) is 1.92. The van der Waals surface area contributed by atoms with E-state index in [4.69, 9.17) is 4.74 Å². The Morgan fingerprint density at radius 1 is 1.31 bits per heavy atom. The van der Waals surface area contributed by atoms with Crippen molar-refractivity contribution in [2.45, 2.75) is 33.1 Å². The number of rotatable bonds is 6. The Morgan fingerprint density at radius 2 is 2.06 bits per heavy atom. The molecular weight excluding hydrogens is 200 g/mol. The van der Waals surface area contributed by atoms with Crippen molar-refractivity contribution in [1.82, 2.24) is 10.3 Å².